The second-order valence-corrected chi connectivity index (χ2v) is 12.2. The first-order valence-electron chi connectivity index (χ1n) is 16.6. The number of hydrogen-bond donors (Lipinski definition) is 13. The average molecular weight is 755 g/mol. The second kappa shape index (κ2) is 22.5. The number of aliphatic hydroxyl groups excluding tert-OH is 3. The summed E-state index contributed by atoms with van der Waals surface area (Å²) >= 11 is 0. The topological polar surface area (TPSA) is 362 Å². The van der Waals surface area contributed by atoms with Crippen LogP contribution in [0.4, 0.5) is 0 Å². The number of nitrogens with two attached hydrogens (primary N) is 2. The Balaban J connectivity index is 3.00. The number of carbonyl (C=O) groups is 8. The number of hydrogen-bond acceptors (Lipinski definition) is 13. The number of benzene rings is 1. The van der Waals surface area contributed by atoms with Crippen LogP contribution in [-0.4, -0.2) is 135 Å². The number of aliphatic carboxylic acids is 1. The van der Waals surface area contributed by atoms with Crippen LogP contribution in [0.3, 0.4) is 0 Å². The maximum absolute atomic E-state index is 13.2. The molecule has 0 unspecified atom stereocenters. The molecule has 0 aliphatic carbocycles. The maximum Gasteiger partial charge on any atom is 0.328 e. The SMILES string of the molecule is CC[C@H](C)[C@H](NC(=O)[C@H](CO)NC(=O)[C@H](CCC(N)=O)NC(=O)[C@H](CO)NC(=O)[C@H](C)NC(=O)[C@@H](N)Cc1ccc(O)cc1)C(=O)N[C@@H](CO)C(=O)O. The standard InChI is InChI=1S/C32H50N8O13/c1-4-15(2)25(31(51)39-23(14-43)32(52)53)40-30(50)22(13-42)38-28(48)20(9-10-24(34)45)36-29(49)21(12-41)37-26(46)16(3)35-27(47)19(33)11-17-5-7-18(44)8-6-17/h5-8,15-16,19-23,25,41-44H,4,9-14,33H2,1-3H3,(H2,34,45)(H,35,47)(H,36,49)(H,37,46)(H,38,48)(H,39,51)(H,40,50)(H,52,53)/t15-,16-,19-,20-,21-,22-,23-,25-/m0/s1. The van der Waals surface area contributed by atoms with E-state index in [2.05, 4.69) is 31.9 Å². The lowest BCUT2D eigenvalue weighted by molar-refractivity contribution is -0.143. The van der Waals surface area contributed by atoms with Crippen LogP contribution in [0.15, 0.2) is 24.3 Å². The number of phenols is 1. The Kier molecular flexibility index (Phi) is 19.4. The first-order chi connectivity index (χ1) is 24.9. The molecule has 1 aromatic rings. The van der Waals surface area contributed by atoms with Gasteiger partial charge in [-0.2, -0.15) is 0 Å². The van der Waals surface area contributed by atoms with E-state index in [4.69, 9.17) is 16.6 Å². The summed E-state index contributed by atoms with van der Waals surface area (Å²) < 4.78 is 0. The number of carboxylic acids is 1. The highest BCUT2D eigenvalue weighted by atomic mass is 16.4. The largest absolute Gasteiger partial charge is 0.508 e. The summed E-state index contributed by atoms with van der Waals surface area (Å²) in [5.41, 5.74) is 11.8. The summed E-state index contributed by atoms with van der Waals surface area (Å²) in [6.45, 7) is 1.57. The first kappa shape index (κ1) is 45.6. The van der Waals surface area contributed by atoms with Gasteiger partial charge < -0.3 is 68.9 Å². The molecule has 0 saturated heterocycles. The summed E-state index contributed by atoms with van der Waals surface area (Å²) in [5.74, 6) is -8.92. The fraction of sp³-hybridized carbons (Fsp3) is 0.562. The Bertz CT molecular complexity index is 1440. The van der Waals surface area contributed by atoms with Crippen LogP contribution in [0.1, 0.15) is 45.6 Å². The Morgan fingerprint density at radius 3 is 1.62 bits per heavy atom. The van der Waals surface area contributed by atoms with Crippen LogP contribution in [-0.2, 0) is 44.8 Å². The van der Waals surface area contributed by atoms with Crippen LogP contribution >= 0.6 is 0 Å². The van der Waals surface area contributed by atoms with Crippen molar-refractivity contribution in [2.45, 2.75) is 88.7 Å². The van der Waals surface area contributed by atoms with Gasteiger partial charge in [-0.3, -0.25) is 33.6 Å². The molecule has 0 aliphatic heterocycles. The van der Waals surface area contributed by atoms with Crippen molar-refractivity contribution in [2.75, 3.05) is 19.8 Å². The van der Waals surface area contributed by atoms with E-state index < -0.39 is 128 Å². The maximum atomic E-state index is 13.2. The fourth-order valence-electron chi connectivity index (χ4n) is 4.55. The van der Waals surface area contributed by atoms with Crippen molar-refractivity contribution in [2.24, 2.45) is 17.4 Å². The summed E-state index contributed by atoms with van der Waals surface area (Å²) in [6, 6.07) is -4.48. The minimum absolute atomic E-state index is 0.0185. The third kappa shape index (κ3) is 15.4. The van der Waals surface area contributed by atoms with Gasteiger partial charge in [0, 0.05) is 6.42 Å². The lowest BCUT2D eigenvalue weighted by Crippen LogP contribution is -2.61. The lowest BCUT2D eigenvalue weighted by Gasteiger charge is -2.28. The molecule has 1 rings (SSSR count). The summed E-state index contributed by atoms with van der Waals surface area (Å²) in [7, 11) is 0. The molecular weight excluding hydrogens is 704 g/mol. The van der Waals surface area contributed by atoms with Gasteiger partial charge in [-0.05, 0) is 43.4 Å². The molecule has 0 bridgehead atoms. The molecule has 0 radical (unpaired) electrons. The molecule has 21 heteroatoms. The quantitative estimate of drug-likeness (QED) is 0.0496. The number of nitrogens with one attached hydrogen (secondary N) is 6. The monoisotopic (exact) mass is 754 g/mol. The zero-order chi connectivity index (χ0) is 40.4. The van der Waals surface area contributed by atoms with Crippen molar-refractivity contribution in [3.05, 3.63) is 29.8 Å². The molecule has 0 saturated carbocycles. The molecule has 0 heterocycles. The molecule has 8 atom stereocenters. The normalized spacial score (nSPS) is 15.5. The third-order valence-corrected chi connectivity index (χ3v) is 8.01. The number of carbonyl (C=O) groups excluding carboxylic acids is 7. The van der Waals surface area contributed by atoms with E-state index in [9.17, 15) is 58.8 Å². The van der Waals surface area contributed by atoms with Gasteiger partial charge in [0.05, 0.1) is 25.9 Å². The number of primary amides is 1. The van der Waals surface area contributed by atoms with E-state index >= 15 is 0 Å². The minimum atomic E-state index is -1.74. The molecule has 0 aliphatic rings. The fourth-order valence-corrected chi connectivity index (χ4v) is 4.55. The Hall–Kier alpha value is -5.38. The molecule has 0 fully saturated rings. The van der Waals surface area contributed by atoms with E-state index in [1.807, 2.05) is 0 Å². The van der Waals surface area contributed by atoms with E-state index in [0.717, 1.165) is 0 Å². The van der Waals surface area contributed by atoms with Crippen molar-refractivity contribution >= 4 is 47.3 Å². The highest BCUT2D eigenvalue weighted by molar-refractivity contribution is 5.97. The predicted molar refractivity (Wildman–Crippen MR) is 184 cm³/mol. The second-order valence-electron chi connectivity index (χ2n) is 12.2. The van der Waals surface area contributed by atoms with Gasteiger partial charge in [0.1, 0.15) is 42.0 Å². The van der Waals surface area contributed by atoms with Gasteiger partial charge in [0.2, 0.25) is 41.4 Å². The van der Waals surface area contributed by atoms with Crippen molar-refractivity contribution < 1.29 is 63.9 Å². The predicted octanol–water partition coefficient (Wildman–Crippen LogP) is -5.44. The molecule has 0 aromatic heterocycles. The van der Waals surface area contributed by atoms with Crippen LogP contribution < -0.4 is 43.4 Å². The van der Waals surface area contributed by atoms with Gasteiger partial charge in [-0.25, -0.2) is 4.79 Å². The molecule has 15 N–H and O–H groups in total. The van der Waals surface area contributed by atoms with Crippen LogP contribution in [0.5, 0.6) is 5.75 Å². The zero-order valence-electron chi connectivity index (χ0n) is 29.5. The molecule has 296 valence electrons. The summed E-state index contributed by atoms with van der Waals surface area (Å²) in [5, 5.41) is 61.0. The average Bonchev–Trinajstić information content (AvgIpc) is 3.11. The Morgan fingerprint density at radius 2 is 1.13 bits per heavy atom. The van der Waals surface area contributed by atoms with E-state index in [-0.39, 0.29) is 12.2 Å². The molecule has 53 heavy (non-hydrogen) atoms. The van der Waals surface area contributed by atoms with Crippen LogP contribution in [0, 0.1) is 5.92 Å². The third-order valence-electron chi connectivity index (χ3n) is 8.01. The van der Waals surface area contributed by atoms with Crippen molar-refractivity contribution in [3.63, 3.8) is 0 Å². The molecule has 0 spiro atoms. The number of aromatic hydroxyl groups is 1. The summed E-state index contributed by atoms with van der Waals surface area (Å²) in [6.07, 6.45) is -0.500. The van der Waals surface area contributed by atoms with Gasteiger partial charge in [-0.15, -0.1) is 0 Å². The minimum Gasteiger partial charge on any atom is -0.508 e. The van der Waals surface area contributed by atoms with Gasteiger partial charge >= 0.3 is 5.97 Å². The highest BCUT2D eigenvalue weighted by Gasteiger charge is 2.34. The number of amides is 7. The number of aliphatic hydroxyl groups is 3. The number of carboxylic acid groups (broad SMARTS) is 1. The van der Waals surface area contributed by atoms with Crippen LogP contribution in [0.2, 0.25) is 0 Å². The van der Waals surface area contributed by atoms with Crippen LogP contribution in [0.25, 0.3) is 0 Å². The number of rotatable bonds is 23. The first-order valence-corrected chi connectivity index (χ1v) is 16.6. The number of phenolic OH excluding ortho intramolecular Hbond substituents is 1. The van der Waals surface area contributed by atoms with Gasteiger partial charge in [-0.1, -0.05) is 32.4 Å². The summed E-state index contributed by atoms with van der Waals surface area (Å²) in [4.78, 5) is 100. The molecule has 7 amide bonds. The molecular formula is C32H50N8O13. The Labute approximate surface area is 304 Å². The van der Waals surface area contributed by atoms with Crippen molar-refractivity contribution in [3.8, 4) is 5.75 Å². The lowest BCUT2D eigenvalue weighted by atomic mass is 9.97. The molecule has 1 aromatic carbocycles. The smallest absolute Gasteiger partial charge is 0.328 e. The van der Waals surface area contributed by atoms with E-state index in [0.29, 0.717) is 12.0 Å². The van der Waals surface area contributed by atoms with E-state index in [1.165, 1.54) is 19.1 Å². The Morgan fingerprint density at radius 1 is 0.660 bits per heavy atom. The van der Waals surface area contributed by atoms with Gasteiger partial charge in [0.15, 0.2) is 0 Å². The zero-order valence-corrected chi connectivity index (χ0v) is 29.5. The van der Waals surface area contributed by atoms with Gasteiger partial charge in [0.25, 0.3) is 0 Å². The van der Waals surface area contributed by atoms with E-state index in [1.54, 1.807) is 26.0 Å². The van der Waals surface area contributed by atoms with Crippen molar-refractivity contribution in [1.82, 2.24) is 31.9 Å². The highest BCUT2D eigenvalue weighted by Crippen LogP contribution is 2.12. The molecule has 21 nitrogen and oxygen atoms in total. The van der Waals surface area contributed by atoms with Crippen molar-refractivity contribution in [1.29, 1.82) is 0 Å².